The fraction of sp³-hybridized carbons (Fsp3) is 0.0400. The maximum atomic E-state index is 13.0. The maximum absolute atomic E-state index is 13.0. The number of aromatic carboxylic acids is 1. The molecular formula is C25H16BrClN2O6. The van der Waals surface area contributed by atoms with Crippen LogP contribution < -0.4 is 15.0 Å². The minimum Gasteiger partial charge on any atom is -0.487 e. The predicted molar refractivity (Wildman–Crippen MR) is 132 cm³/mol. The Labute approximate surface area is 212 Å². The van der Waals surface area contributed by atoms with E-state index in [2.05, 4.69) is 21.2 Å². The quantitative estimate of drug-likeness (QED) is 0.325. The molecule has 10 heteroatoms. The first kappa shape index (κ1) is 24.2. The molecule has 0 aliphatic carbocycles. The number of nitrogens with zero attached hydrogens (tertiary/aromatic N) is 1. The van der Waals surface area contributed by atoms with Crippen LogP contribution in [0.5, 0.6) is 5.75 Å². The SMILES string of the molecule is O=C1NC(=O)N(c2ccc(Br)cc2)C(=O)/C1=C/c1ccc(OCc2cccc(C(=O)O)c2)c(Cl)c1. The van der Waals surface area contributed by atoms with Gasteiger partial charge in [-0.3, -0.25) is 14.9 Å². The van der Waals surface area contributed by atoms with Crippen LogP contribution in [0, 0.1) is 0 Å². The fourth-order valence-electron chi connectivity index (χ4n) is 3.33. The van der Waals surface area contributed by atoms with E-state index in [0.717, 1.165) is 9.37 Å². The standard InChI is InChI=1S/C25H16BrClN2O6/c26-17-5-7-18(8-6-17)29-23(31)19(22(30)28-25(29)34)11-14-4-9-21(20(27)12-14)35-13-15-2-1-3-16(10-15)24(32)33/h1-12H,13H2,(H,32,33)(H,28,30,34)/b19-11+. The number of nitrogens with one attached hydrogen (secondary N) is 1. The lowest BCUT2D eigenvalue weighted by molar-refractivity contribution is -0.122. The molecule has 0 aromatic heterocycles. The Kier molecular flexibility index (Phi) is 6.99. The Hall–Kier alpha value is -3.95. The number of ether oxygens (including phenoxy) is 1. The number of anilines is 1. The fourth-order valence-corrected chi connectivity index (χ4v) is 3.84. The maximum Gasteiger partial charge on any atom is 0.335 e. The van der Waals surface area contributed by atoms with Gasteiger partial charge in [0.25, 0.3) is 11.8 Å². The van der Waals surface area contributed by atoms with Gasteiger partial charge >= 0.3 is 12.0 Å². The third-order valence-electron chi connectivity index (χ3n) is 5.02. The molecule has 3 aromatic rings. The summed E-state index contributed by atoms with van der Waals surface area (Å²) in [5.41, 5.74) is 1.31. The average Bonchev–Trinajstić information content (AvgIpc) is 2.82. The van der Waals surface area contributed by atoms with Crippen molar-refractivity contribution in [1.82, 2.24) is 5.32 Å². The predicted octanol–water partition coefficient (Wildman–Crippen LogP) is 5.05. The van der Waals surface area contributed by atoms with Gasteiger partial charge in [-0.15, -0.1) is 0 Å². The molecule has 35 heavy (non-hydrogen) atoms. The first-order valence-electron chi connectivity index (χ1n) is 10.1. The van der Waals surface area contributed by atoms with Crippen molar-refractivity contribution >= 4 is 63.1 Å². The second-order valence-electron chi connectivity index (χ2n) is 7.42. The van der Waals surface area contributed by atoms with Crippen LogP contribution >= 0.6 is 27.5 Å². The lowest BCUT2D eigenvalue weighted by Crippen LogP contribution is -2.54. The Balaban J connectivity index is 1.54. The van der Waals surface area contributed by atoms with E-state index in [1.54, 1.807) is 48.5 Å². The number of hydrogen-bond acceptors (Lipinski definition) is 5. The molecule has 176 valence electrons. The number of amides is 4. The number of urea groups is 1. The topological polar surface area (TPSA) is 113 Å². The average molecular weight is 556 g/mol. The van der Waals surface area contributed by atoms with Crippen LogP contribution in [0.3, 0.4) is 0 Å². The summed E-state index contributed by atoms with van der Waals surface area (Å²) in [5.74, 6) is -2.29. The molecule has 0 atom stereocenters. The van der Waals surface area contributed by atoms with E-state index >= 15 is 0 Å². The number of benzene rings is 3. The van der Waals surface area contributed by atoms with E-state index in [9.17, 15) is 19.2 Å². The first-order valence-corrected chi connectivity index (χ1v) is 11.3. The molecule has 8 nitrogen and oxygen atoms in total. The zero-order valence-electron chi connectivity index (χ0n) is 17.8. The van der Waals surface area contributed by atoms with Crippen molar-refractivity contribution in [3.63, 3.8) is 0 Å². The van der Waals surface area contributed by atoms with Gasteiger partial charge in [-0.25, -0.2) is 14.5 Å². The number of carbonyl (C=O) groups excluding carboxylic acids is 3. The van der Waals surface area contributed by atoms with Gasteiger partial charge in [-0.2, -0.15) is 0 Å². The summed E-state index contributed by atoms with van der Waals surface area (Å²) in [4.78, 5) is 49.7. The Bertz CT molecular complexity index is 1390. The summed E-state index contributed by atoms with van der Waals surface area (Å²) in [6, 6.07) is 16.7. The number of barbiturate groups is 1. The van der Waals surface area contributed by atoms with Crippen molar-refractivity contribution in [3.05, 3.63) is 98.5 Å². The molecule has 1 aliphatic heterocycles. The van der Waals surface area contributed by atoms with Crippen LogP contribution in [0.4, 0.5) is 10.5 Å². The van der Waals surface area contributed by atoms with Crippen molar-refractivity contribution in [2.24, 2.45) is 0 Å². The van der Waals surface area contributed by atoms with Gasteiger partial charge in [0, 0.05) is 4.47 Å². The lowest BCUT2D eigenvalue weighted by Gasteiger charge is -2.26. The minimum absolute atomic E-state index is 0.0897. The van der Waals surface area contributed by atoms with Gasteiger partial charge in [0.15, 0.2) is 0 Å². The molecular weight excluding hydrogens is 540 g/mol. The van der Waals surface area contributed by atoms with Gasteiger partial charge < -0.3 is 9.84 Å². The molecule has 1 aliphatic rings. The largest absolute Gasteiger partial charge is 0.487 e. The number of halogens is 2. The Morgan fingerprint density at radius 1 is 1.06 bits per heavy atom. The van der Waals surface area contributed by atoms with Crippen molar-refractivity contribution in [1.29, 1.82) is 0 Å². The summed E-state index contributed by atoms with van der Waals surface area (Å²) < 4.78 is 6.46. The minimum atomic E-state index is -1.04. The van der Waals surface area contributed by atoms with Crippen LogP contribution in [0.1, 0.15) is 21.5 Å². The zero-order chi connectivity index (χ0) is 25.1. The Morgan fingerprint density at radius 2 is 1.80 bits per heavy atom. The van der Waals surface area contributed by atoms with Crippen molar-refractivity contribution in [2.45, 2.75) is 6.61 Å². The highest BCUT2D eigenvalue weighted by Gasteiger charge is 2.36. The molecule has 0 bridgehead atoms. The third kappa shape index (κ3) is 5.42. The molecule has 1 heterocycles. The highest BCUT2D eigenvalue weighted by Crippen LogP contribution is 2.29. The molecule has 1 fully saturated rings. The second-order valence-corrected chi connectivity index (χ2v) is 8.74. The number of carbonyl (C=O) groups is 4. The van der Waals surface area contributed by atoms with E-state index in [1.807, 2.05) is 0 Å². The molecule has 4 amide bonds. The van der Waals surface area contributed by atoms with Crippen LogP contribution in [0.2, 0.25) is 5.02 Å². The second kappa shape index (κ2) is 10.1. The summed E-state index contributed by atoms with van der Waals surface area (Å²) >= 11 is 9.62. The van der Waals surface area contributed by atoms with Crippen LogP contribution in [0.25, 0.3) is 6.08 Å². The zero-order valence-corrected chi connectivity index (χ0v) is 20.2. The lowest BCUT2D eigenvalue weighted by atomic mass is 10.1. The van der Waals surface area contributed by atoms with Crippen molar-refractivity contribution in [3.8, 4) is 5.75 Å². The summed E-state index contributed by atoms with van der Waals surface area (Å²) in [6.07, 6.45) is 1.34. The van der Waals surface area contributed by atoms with Crippen molar-refractivity contribution in [2.75, 3.05) is 4.90 Å². The molecule has 2 N–H and O–H groups in total. The van der Waals surface area contributed by atoms with E-state index in [4.69, 9.17) is 21.4 Å². The summed E-state index contributed by atoms with van der Waals surface area (Å²) in [7, 11) is 0. The van der Waals surface area contributed by atoms with Crippen LogP contribution in [-0.4, -0.2) is 28.9 Å². The highest BCUT2D eigenvalue weighted by molar-refractivity contribution is 9.10. The monoisotopic (exact) mass is 554 g/mol. The number of rotatable bonds is 6. The Morgan fingerprint density at radius 3 is 2.49 bits per heavy atom. The van der Waals surface area contributed by atoms with Gasteiger partial charge in [0.2, 0.25) is 0 Å². The van der Waals surface area contributed by atoms with E-state index in [0.29, 0.717) is 22.6 Å². The molecule has 3 aromatic carbocycles. The van der Waals surface area contributed by atoms with Gasteiger partial charge in [0.05, 0.1) is 16.3 Å². The smallest absolute Gasteiger partial charge is 0.335 e. The number of carboxylic acid groups (broad SMARTS) is 1. The summed E-state index contributed by atoms with van der Waals surface area (Å²) in [5, 5.41) is 11.5. The number of imide groups is 2. The summed E-state index contributed by atoms with van der Waals surface area (Å²) in [6.45, 7) is 0.0897. The van der Waals surface area contributed by atoms with Crippen molar-refractivity contribution < 1.29 is 29.0 Å². The molecule has 0 saturated carbocycles. The van der Waals surface area contributed by atoms with Crippen LogP contribution in [0.15, 0.2) is 76.8 Å². The number of hydrogen-bond donors (Lipinski definition) is 2. The van der Waals surface area contributed by atoms with Crippen LogP contribution in [-0.2, 0) is 16.2 Å². The number of carboxylic acids is 1. The normalized spacial score (nSPS) is 14.7. The molecule has 0 radical (unpaired) electrons. The highest BCUT2D eigenvalue weighted by atomic mass is 79.9. The molecule has 4 rings (SSSR count). The van der Waals surface area contributed by atoms with Gasteiger partial charge in [-0.05, 0) is 65.7 Å². The van der Waals surface area contributed by atoms with E-state index in [-0.39, 0.29) is 22.8 Å². The van der Waals surface area contributed by atoms with E-state index < -0.39 is 23.8 Å². The molecule has 0 spiro atoms. The van der Waals surface area contributed by atoms with Gasteiger partial charge in [-0.1, -0.05) is 45.7 Å². The third-order valence-corrected chi connectivity index (χ3v) is 5.85. The molecule has 0 unspecified atom stereocenters. The van der Waals surface area contributed by atoms with Gasteiger partial charge in [0.1, 0.15) is 17.9 Å². The van der Waals surface area contributed by atoms with E-state index in [1.165, 1.54) is 24.3 Å². The first-order chi connectivity index (χ1) is 16.7. The molecule has 1 saturated heterocycles.